The maximum atomic E-state index is 9.55. The summed E-state index contributed by atoms with van der Waals surface area (Å²) < 4.78 is 0. The average molecular weight is 717 g/mol. The zero-order valence-electron chi connectivity index (χ0n) is 30.2. The summed E-state index contributed by atoms with van der Waals surface area (Å²) in [5.41, 5.74) is 12.0. The van der Waals surface area contributed by atoms with Crippen LogP contribution in [0.4, 0.5) is 0 Å². The van der Waals surface area contributed by atoms with Crippen molar-refractivity contribution in [2.75, 3.05) is 0 Å². The van der Waals surface area contributed by atoms with Gasteiger partial charge in [-0.1, -0.05) is 164 Å². The molecule has 9 aromatic rings. The third-order valence-corrected chi connectivity index (χ3v) is 9.58. The van der Waals surface area contributed by atoms with E-state index in [4.69, 9.17) is 24.9 Å². The van der Waals surface area contributed by atoms with Gasteiger partial charge >= 0.3 is 0 Å². The Bertz CT molecular complexity index is 2850. The fraction of sp³-hybridized carbons (Fsp3) is 0. The molecule has 0 saturated carbocycles. The summed E-state index contributed by atoms with van der Waals surface area (Å²) in [6, 6.07) is 67.2. The van der Waals surface area contributed by atoms with Gasteiger partial charge in [0.25, 0.3) is 0 Å². The molecule has 0 aliphatic rings. The highest BCUT2D eigenvalue weighted by molar-refractivity contribution is 5.78. The molecule has 6 nitrogen and oxygen atoms in total. The third kappa shape index (κ3) is 7.21. The molecule has 0 atom stereocenters. The highest BCUT2D eigenvalue weighted by Crippen LogP contribution is 2.33. The molecule has 6 heteroatoms. The highest BCUT2D eigenvalue weighted by Gasteiger charge is 2.15. The molecule has 0 fully saturated rings. The lowest BCUT2D eigenvalue weighted by Gasteiger charge is -2.11. The van der Waals surface area contributed by atoms with E-state index in [1.54, 1.807) is 12.1 Å². The van der Waals surface area contributed by atoms with Gasteiger partial charge in [0.15, 0.2) is 23.3 Å². The summed E-state index contributed by atoms with van der Waals surface area (Å²) in [7, 11) is 0. The first-order chi connectivity index (χ1) is 27.7. The van der Waals surface area contributed by atoms with Gasteiger partial charge in [0.2, 0.25) is 0 Å². The highest BCUT2D eigenvalue weighted by atomic mass is 15.0. The zero-order valence-corrected chi connectivity index (χ0v) is 30.2. The van der Waals surface area contributed by atoms with Crippen molar-refractivity contribution in [1.82, 2.24) is 24.9 Å². The van der Waals surface area contributed by atoms with Crippen molar-refractivity contribution in [3.05, 3.63) is 200 Å². The van der Waals surface area contributed by atoms with E-state index in [1.807, 2.05) is 78.9 Å². The second-order valence-corrected chi connectivity index (χ2v) is 13.3. The number of nitriles is 1. The van der Waals surface area contributed by atoms with Crippen molar-refractivity contribution in [2.45, 2.75) is 0 Å². The van der Waals surface area contributed by atoms with Gasteiger partial charge in [-0.3, -0.25) is 0 Å². The number of hydrogen-bond donors (Lipinski definition) is 0. The monoisotopic (exact) mass is 716 g/mol. The van der Waals surface area contributed by atoms with Crippen LogP contribution < -0.4 is 0 Å². The molecule has 0 saturated heterocycles. The topological polar surface area (TPSA) is 88.2 Å². The van der Waals surface area contributed by atoms with Crippen LogP contribution in [0.3, 0.4) is 0 Å². The Labute approximate surface area is 325 Å². The van der Waals surface area contributed by atoms with Gasteiger partial charge in [-0.15, -0.1) is 0 Å². The molecule has 2 aromatic heterocycles. The fourth-order valence-electron chi connectivity index (χ4n) is 6.70. The maximum absolute atomic E-state index is 9.55. The number of aromatic nitrogens is 5. The van der Waals surface area contributed by atoms with Crippen molar-refractivity contribution < 1.29 is 0 Å². The number of nitrogens with zero attached hydrogens (tertiary/aromatic N) is 6. The normalized spacial score (nSPS) is 10.8. The van der Waals surface area contributed by atoms with Crippen molar-refractivity contribution >= 4 is 0 Å². The summed E-state index contributed by atoms with van der Waals surface area (Å²) >= 11 is 0. The molecule has 0 aliphatic carbocycles. The number of benzene rings is 7. The average Bonchev–Trinajstić information content (AvgIpc) is 3.30. The number of rotatable bonds is 8. The van der Waals surface area contributed by atoms with Crippen LogP contribution in [0.1, 0.15) is 5.56 Å². The Kier molecular flexibility index (Phi) is 9.23. The second kappa shape index (κ2) is 15.2. The molecule has 0 N–H and O–H groups in total. The molecule has 2 heterocycles. The second-order valence-electron chi connectivity index (χ2n) is 13.3. The van der Waals surface area contributed by atoms with Gasteiger partial charge in [0.1, 0.15) is 0 Å². The molecule has 0 radical (unpaired) electrons. The molecule has 56 heavy (non-hydrogen) atoms. The fourth-order valence-corrected chi connectivity index (χ4v) is 6.70. The van der Waals surface area contributed by atoms with Crippen molar-refractivity contribution in [3.8, 4) is 96.4 Å². The van der Waals surface area contributed by atoms with E-state index in [0.717, 1.165) is 67.0 Å². The first kappa shape index (κ1) is 33.9. The lowest BCUT2D eigenvalue weighted by Crippen LogP contribution is -2.00. The Balaban J connectivity index is 1.08. The molecule has 0 unspecified atom stereocenters. The van der Waals surface area contributed by atoms with Crippen molar-refractivity contribution in [1.29, 1.82) is 5.26 Å². The molecule has 9 rings (SSSR count). The van der Waals surface area contributed by atoms with Gasteiger partial charge in [0.05, 0.1) is 23.0 Å². The van der Waals surface area contributed by atoms with Gasteiger partial charge < -0.3 is 0 Å². The van der Waals surface area contributed by atoms with Crippen LogP contribution in [-0.2, 0) is 0 Å². The minimum atomic E-state index is 0.504. The quantitative estimate of drug-likeness (QED) is 0.156. The Morgan fingerprint density at radius 2 is 0.643 bits per heavy atom. The van der Waals surface area contributed by atoms with E-state index in [-0.39, 0.29) is 0 Å². The lowest BCUT2D eigenvalue weighted by atomic mass is 10.00. The van der Waals surface area contributed by atoms with Crippen LogP contribution in [0, 0.1) is 11.3 Å². The van der Waals surface area contributed by atoms with Gasteiger partial charge in [-0.25, -0.2) is 24.9 Å². The molecular weight excluding hydrogens is 685 g/mol. The summed E-state index contributed by atoms with van der Waals surface area (Å²) in [4.78, 5) is 24.8. The standard InChI is InChI=1S/C50H32N6/c51-33-34-13-10-23-43(29-34)49-54-48(38-18-8-3-9-19-38)55-50(56-49)44-24-12-21-41(31-44)36-25-27-39(28-26-36)47-52-45(37-16-6-2-7-17-37)32-46(53-47)42-22-11-20-40(30-42)35-14-4-1-5-15-35/h1-32H. The smallest absolute Gasteiger partial charge is 0.164 e. The van der Waals surface area contributed by atoms with Gasteiger partial charge in [-0.2, -0.15) is 5.26 Å². The van der Waals surface area contributed by atoms with Crippen LogP contribution in [0.15, 0.2) is 194 Å². The van der Waals surface area contributed by atoms with Gasteiger partial charge in [0, 0.05) is 33.4 Å². The molecule has 0 aliphatic heterocycles. The first-order valence-electron chi connectivity index (χ1n) is 18.3. The minimum Gasteiger partial charge on any atom is -0.228 e. The predicted octanol–water partition coefficient (Wildman–Crippen LogP) is 11.9. The van der Waals surface area contributed by atoms with Crippen molar-refractivity contribution in [2.24, 2.45) is 0 Å². The van der Waals surface area contributed by atoms with Crippen LogP contribution in [0.2, 0.25) is 0 Å². The maximum Gasteiger partial charge on any atom is 0.164 e. The number of hydrogen-bond acceptors (Lipinski definition) is 6. The molecular formula is C50H32N6. The summed E-state index contributed by atoms with van der Waals surface area (Å²) in [5, 5.41) is 9.55. The first-order valence-corrected chi connectivity index (χ1v) is 18.3. The lowest BCUT2D eigenvalue weighted by molar-refractivity contribution is 1.07. The third-order valence-electron chi connectivity index (χ3n) is 9.58. The van der Waals surface area contributed by atoms with E-state index >= 15 is 0 Å². The Hall–Kier alpha value is -7.88. The largest absolute Gasteiger partial charge is 0.228 e. The molecule has 7 aromatic carbocycles. The molecule has 0 bridgehead atoms. The van der Waals surface area contributed by atoms with Gasteiger partial charge in [-0.05, 0) is 52.6 Å². The van der Waals surface area contributed by atoms with Crippen molar-refractivity contribution in [3.63, 3.8) is 0 Å². The molecule has 0 spiro atoms. The summed E-state index contributed by atoms with van der Waals surface area (Å²) in [6.07, 6.45) is 0. The van der Waals surface area contributed by atoms with Crippen LogP contribution in [0.5, 0.6) is 0 Å². The van der Waals surface area contributed by atoms with E-state index in [1.165, 1.54) is 0 Å². The SMILES string of the molecule is N#Cc1cccc(-c2nc(-c3ccccc3)nc(-c3cccc(-c4ccc(-c5nc(-c6ccccc6)cc(-c6cccc(-c7ccccc7)c6)n5)cc4)c3)n2)c1. The van der Waals surface area contributed by atoms with E-state index in [2.05, 4.69) is 109 Å². The van der Waals surface area contributed by atoms with Crippen LogP contribution >= 0.6 is 0 Å². The Morgan fingerprint density at radius 1 is 0.268 bits per heavy atom. The van der Waals surface area contributed by atoms with Crippen LogP contribution in [-0.4, -0.2) is 24.9 Å². The summed E-state index contributed by atoms with van der Waals surface area (Å²) in [6.45, 7) is 0. The molecule has 262 valence electrons. The Morgan fingerprint density at radius 3 is 1.25 bits per heavy atom. The predicted molar refractivity (Wildman–Crippen MR) is 224 cm³/mol. The van der Waals surface area contributed by atoms with E-state index in [0.29, 0.717) is 28.9 Å². The zero-order chi connectivity index (χ0) is 37.7. The van der Waals surface area contributed by atoms with E-state index in [9.17, 15) is 5.26 Å². The van der Waals surface area contributed by atoms with E-state index < -0.39 is 0 Å². The summed E-state index contributed by atoms with van der Waals surface area (Å²) in [5.74, 6) is 2.26. The minimum absolute atomic E-state index is 0.504. The molecule has 0 amide bonds. The van der Waals surface area contributed by atoms with Crippen LogP contribution in [0.25, 0.3) is 90.3 Å².